The van der Waals surface area contributed by atoms with Gasteiger partial charge in [0.25, 0.3) is 11.5 Å². The molecule has 1 saturated carbocycles. The molecule has 2 heterocycles. The largest absolute Gasteiger partial charge is 0.330 e. The van der Waals surface area contributed by atoms with E-state index >= 15 is 0 Å². The maximum atomic E-state index is 13.1. The van der Waals surface area contributed by atoms with Gasteiger partial charge in [-0.05, 0) is 61.4 Å². The molecule has 4 nitrogen and oxygen atoms in total. The fraction of sp³-hybridized carbons (Fsp3) is 0.364. The number of pyridine rings is 1. The van der Waals surface area contributed by atoms with Gasteiger partial charge in [0.2, 0.25) is 0 Å². The van der Waals surface area contributed by atoms with Gasteiger partial charge in [-0.2, -0.15) is 0 Å². The number of benzene rings is 1. The Labute approximate surface area is 162 Å². The summed E-state index contributed by atoms with van der Waals surface area (Å²) in [5.41, 5.74) is 3.68. The molecule has 140 valence electrons. The molecule has 2 aromatic heterocycles. The lowest BCUT2D eigenvalue weighted by Crippen LogP contribution is -2.39. The Morgan fingerprint density at radius 2 is 2.00 bits per heavy atom. The van der Waals surface area contributed by atoms with E-state index in [0.717, 1.165) is 52.6 Å². The zero-order valence-corrected chi connectivity index (χ0v) is 16.6. The summed E-state index contributed by atoms with van der Waals surface area (Å²) in [4.78, 5) is 31.5. The molecule has 0 radical (unpaired) electrons. The van der Waals surface area contributed by atoms with Crippen molar-refractivity contribution in [3.8, 4) is 0 Å². The van der Waals surface area contributed by atoms with Crippen LogP contribution in [0, 0.1) is 13.8 Å². The van der Waals surface area contributed by atoms with E-state index in [9.17, 15) is 9.59 Å². The van der Waals surface area contributed by atoms with Crippen LogP contribution in [0.1, 0.15) is 52.0 Å². The van der Waals surface area contributed by atoms with Crippen LogP contribution in [0.25, 0.3) is 10.9 Å². The highest BCUT2D eigenvalue weighted by Crippen LogP contribution is 2.28. The molecular formula is C22H24N2O2S. The summed E-state index contributed by atoms with van der Waals surface area (Å²) >= 11 is 1.46. The number of aryl methyl sites for hydroxylation is 2. The fourth-order valence-corrected chi connectivity index (χ4v) is 4.82. The third kappa shape index (κ3) is 3.56. The molecule has 4 rings (SSSR count). The van der Waals surface area contributed by atoms with Gasteiger partial charge >= 0.3 is 0 Å². The maximum Gasteiger partial charge on any atom is 0.264 e. The van der Waals surface area contributed by atoms with Gasteiger partial charge < -0.3 is 9.88 Å². The minimum atomic E-state index is -0.102. The van der Waals surface area contributed by atoms with Crippen molar-refractivity contribution in [1.29, 1.82) is 0 Å². The molecule has 1 aromatic carbocycles. The SMILES string of the molecule is Cc1cc(C)c2cc(CN(C(=O)c3cccs3)C3CCCC3)c(=O)[nH]c2c1. The van der Waals surface area contributed by atoms with Gasteiger partial charge in [-0.1, -0.05) is 25.0 Å². The Hall–Kier alpha value is -2.40. The number of hydrogen-bond donors (Lipinski definition) is 1. The minimum absolute atomic E-state index is 0.0389. The third-order valence-electron chi connectivity index (χ3n) is 5.49. The molecular weight excluding hydrogens is 356 g/mol. The summed E-state index contributed by atoms with van der Waals surface area (Å²) in [5.74, 6) is 0.0389. The predicted octanol–water partition coefficient (Wildman–Crippen LogP) is 4.79. The van der Waals surface area contributed by atoms with Crippen LogP contribution in [0.15, 0.2) is 40.5 Å². The van der Waals surface area contributed by atoms with Crippen molar-refractivity contribution in [3.63, 3.8) is 0 Å². The van der Waals surface area contributed by atoms with Crippen molar-refractivity contribution in [2.24, 2.45) is 0 Å². The van der Waals surface area contributed by atoms with E-state index in [1.807, 2.05) is 41.5 Å². The first-order valence-electron chi connectivity index (χ1n) is 9.50. The predicted molar refractivity (Wildman–Crippen MR) is 110 cm³/mol. The molecule has 0 saturated heterocycles. The van der Waals surface area contributed by atoms with Crippen molar-refractivity contribution in [2.75, 3.05) is 0 Å². The summed E-state index contributed by atoms with van der Waals surface area (Å²) in [6, 6.07) is 10.1. The summed E-state index contributed by atoms with van der Waals surface area (Å²) in [6.45, 7) is 4.45. The van der Waals surface area contributed by atoms with Crippen LogP contribution >= 0.6 is 11.3 Å². The number of aromatic amines is 1. The quantitative estimate of drug-likeness (QED) is 0.707. The van der Waals surface area contributed by atoms with E-state index in [1.165, 1.54) is 11.3 Å². The number of nitrogens with zero attached hydrogens (tertiary/aromatic N) is 1. The molecule has 3 aromatic rings. The molecule has 5 heteroatoms. The molecule has 27 heavy (non-hydrogen) atoms. The van der Waals surface area contributed by atoms with Gasteiger partial charge in [-0.15, -0.1) is 11.3 Å². The number of hydrogen-bond acceptors (Lipinski definition) is 3. The van der Waals surface area contributed by atoms with Gasteiger partial charge in [0, 0.05) is 22.5 Å². The standard InChI is InChI=1S/C22H24N2O2S/c1-14-10-15(2)18-12-16(21(25)23-19(18)11-14)13-24(17-6-3-4-7-17)22(26)20-8-5-9-27-20/h5,8-12,17H,3-4,6-7,13H2,1-2H3,(H,23,25). The number of H-pyrrole nitrogens is 1. The number of amides is 1. The second kappa shape index (κ2) is 7.31. The van der Waals surface area contributed by atoms with E-state index < -0.39 is 0 Å². The second-order valence-electron chi connectivity index (χ2n) is 7.52. The second-order valence-corrected chi connectivity index (χ2v) is 8.46. The highest BCUT2D eigenvalue weighted by atomic mass is 32.1. The lowest BCUT2D eigenvalue weighted by molar-refractivity contribution is 0.0669. The molecule has 1 N–H and O–H groups in total. The molecule has 0 atom stereocenters. The lowest BCUT2D eigenvalue weighted by Gasteiger charge is -2.28. The van der Waals surface area contributed by atoms with E-state index in [2.05, 4.69) is 18.0 Å². The van der Waals surface area contributed by atoms with E-state index in [1.54, 1.807) is 0 Å². The van der Waals surface area contributed by atoms with Crippen LogP contribution in [-0.2, 0) is 6.54 Å². The van der Waals surface area contributed by atoms with Crippen LogP contribution in [0.4, 0.5) is 0 Å². The Kier molecular flexibility index (Phi) is 4.87. The molecule has 1 fully saturated rings. The van der Waals surface area contributed by atoms with Crippen LogP contribution < -0.4 is 5.56 Å². The Balaban J connectivity index is 1.73. The number of fused-ring (bicyclic) bond motifs is 1. The summed E-state index contributed by atoms with van der Waals surface area (Å²) < 4.78 is 0. The molecule has 1 aliphatic carbocycles. The van der Waals surface area contributed by atoms with Crippen molar-refractivity contribution in [2.45, 2.75) is 52.1 Å². The molecule has 1 amide bonds. The minimum Gasteiger partial charge on any atom is -0.330 e. The number of carbonyl (C=O) groups excluding carboxylic acids is 1. The highest BCUT2D eigenvalue weighted by molar-refractivity contribution is 7.12. The van der Waals surface area contributed by atoms with Crippen molar-refractivity contribution in [3.05, 3.63) is 67.6 Å². The van der Waals surface area contributed by atoms with Crippen molar-refractivity contribution in [1.82, 2.24) is 9.88 Å². The number of aromatic nitrogens is 1. The average Bonchev–Trinajstić information content (AvgIpc) is 3.33. The molecule has 0 bridgehead atoms. The summed E-state index contributed by atoms with van der Waals surface area (Å²) in [5, 5.41) is 2.97. The third-order valence-corrected chi connectivity index (χ3v) is 6.35. The zero-order valence-electron chi connectivity index (χ0n) is 15.7. The zero-order chi connectivity index (χ0) is 19.0. The van der Waals surface area contributed by atoms with Gasteiger partial charge in [-0.25, -0.2) is 0 Å². The first-order chi connectivity index (χ1) is 13.0. The Morgan fingerprint density at radius 1 is 1.22 bits per heavy atom. The first-order valence-corrected chi connectivity index (χ1v) is 10.4. The van der Waals surface area contributed by atoms with E-state index in [4.69, 9.17) is 0 Å². The number of rotatable bonds is 4. The first kappa shape index (κ1) is 18.0. The summed E-state index contributed by atoms with van der Waals surface area (Å²) in [6.07, 6.45) is 4.32. The van der Waals surface area contributed by atoms with Crippen LogP contribution in [0.3, 0.4) is 0 Å². The van der Waals surface area contributed by atoms with Crippen LogP contribution in [-0.4, -0.2) is 21.8 Å². The van der Waals surface area contributed by atoms with Gasteiger partial charge in [-0.3, -0.25) is 9.59 Å². The molecule has 0 aliphatic heterocycles. The number of thiophene rings is 1. The smallest absolute Gasteiger partial charge is 0.264 e. The monoisotopic (exact) mass is 380 g/mol. The Bertz CT molecular complexity index is 1030. The average molecular weight is 381 g/mol. The van der Waals surface area contributed by atoms with E-state index in [0.29, 0.717) is 12.1 Å². The summed E-state index contributed by atoms with van der Waals surface area (Å²) in [7, 11) is 0. The fourth-order valence-electron chi connectivity index (χ4n) is 4.14. The van der Waals surface area contributed by atoms with Crippen molar-refractivity contribution < 1.29 is 4.79 Å². The maximum absolute atomic E-state index is 13.1. The number of nitrogens with one attached hydrogen (secondary N) is 1. The van der Waals surface area contributed by atoms with Crippen molar-refractivity contribution >= 4 is 28.1 Å². The molecule has 0 unspecified atom stereocenters. The lowest BCUT2D eigenvalue weighted by atomic mass is 10.0. The van der Waals surface area contributed by atoms with Gasteiger partial charge in [0.1, 0.15) is 0 Å². The molecule has 0 spiro atoms. The van der Waals surface area contributed by atoms with Crippen LogP contribution in [0.2, 0.25) is 0 Å². The van der Waals surface area contributed by atoms with E-state index in [-0.39, 0.29) is 17.5 Å². The van der Waals surface area contributed by atoms with Gasteiger partial charge in [0.15, 0.2) is 0 Å². The normalized spacial score (nSPS) is 14.7. The van der Waals surface area contributed by atoms with Gasteiger partial charge in [0.05, 0.1) is 11.4 Å². The molecule has 1 aliphatic rings. The topological polar surface area (TPSA) is 53.2 Å². The van der Waals surface area contributed by atoms with Crippen LogP contribution in [0.5, 0.6) is 0 Å². The number of carbonyl (C=O) groups is 1. The Morgan fingerprint density at radius 3 is 2.70 bits per heavy atom. The highest BCUT2D eigenvalue weighted by Gasteiger charge is 2.28.